The van der Waals surface area contributed by atoms with Crippen LogP contribution in [0.3, 0.4) is 0 Å². The van der Waals surface area contributed by atoms with Crippen LogP contribution in [-0.4, -0.2) is 64.4 Å². The first-order valence-corrected chi connectivity index (χ1v) is 13.2. The van der Waals surface area contributed by atoms with Gasteiger partial charge in [0.05, 0.1) is 18.9 Å². The molecule has 1 fully saturated rings. The summed E-state index contributed by atoms with van der Waals surface area (Å²) in [5, 5.41) is 17.2. The van der Waals surface area contributed by atoms with Crippen molar-refractivity contribution in [2.45, 2.75) is 19.4 Å². The molecule has 1 saturated heterocycles. The summed E-state index contributed by atoms with van der Waals surface area (Å²) in [7, 11) is 0. The van der Waals surface area contributed by atoms with Crippen LogP contribution in [0.1, 0.15) is 16.7 Å². The van der Waals surface area contributed by atoms with Crippen LogP contribution >= 0.6 is 0 Å². The van der Waals surface area contributed by atoms with E-state index in [1.54, 1.807) is 6.08 Å². The van der Waals surface area contributed by atoms with Gasteiger partial charge in [-0.15, -0.1) is 5.10 Å². The second-order valence-corrected chi connectivity index (χ2v) is 9.54. The maximum absolute atomic E-state index is 13.4. The molecular weight excluding hydrogens is 506 g/mol. The average molecular weight is 538 g/mol. The summed E-state index contributed by atoms with van der Waals surface area (Å²) in [4.78, 5) is 28.6. The Morgan fingerprint density at radius 1 is 1.02 bits per heavy atom. The van der Waals surface area contributed by atoms with Gasteiger partial charge in [-0.1, -0.05) is 42.0 Å². The number of anilines is 2. The Hall–Kier alpha value is -4.83. The predicted octanol–water partition coefficient (Wildman–Crippen LogP) is 3.19. The van der Waals surface area contributed by atoms with E-state index in [0.29, 0.717) is 25.3 Å². The zero-order valence-corrected chi connectivity index (χ0v) is 22.2. The molecule has 0 saturated carbocycles. The van der Waals surface area contributed by atoms with Crippen molar-refractivity contribution in [2.75, 3.05) is 36.5 Å². The molecule has 40 heavy (non-hydrogen) atoms. The van der Waals surface area contributed by atoms with Crippen LogP contribution in [-0.2, 0) is 20.7 Å². The molecular formula is C30H31N7O3. The van der Waals surface area contributed by atoms with E-state index in [9.17, 15) is 9.59 Å². The largest absolute Gasteiger partial charge is 0.378 e. The number of carbonyl (C=O) groups excluding carboxylic acids is 2. The Labute approximate surface area is 232 Å². The van der Waals surface area contributed by atoms with E-state index >= 15 is 0 Å². The lowest BCUT2D eigenvalue weighted by atomic mass is 10.0. The molecule has 1 aliphatic heterocycles. The minimum absolute atomic E-state index is 0.297. The van der Waals surface area contributed by atoms with Gasteiger partial charge in [0, 0.05) is 42.5 Å². The van der Waals surface area contributed by atoms with Crippen molar-refractivity contribution in [1.82, 2.24) is 25.5 Å². The molecule has 10 heteroatoms. The number of aromatic nitrogens is 4. The number of hydrogen-bond acceptors (Lipinski definition) is 7. The van der Waals surface area contributed by atoms with Gasteiger partial charge in [0.1, 0.15) is 12.4 Å². The summed E-state index contributed by atoms with van der Waals surface area (Å²) in [5.41, 5.74) is 5.21. The van der Waals surface area contributed by atoms with Gasteiger partial charge in [-0.25, -0.2) is 0 Å². The van der Waals surface area contributed by atoms with Crippen molar-refractivity contribution in [3.05, 3.63) is 102 Å². The van der Waals surface area contributed by atoms with Gasteiger partial charge in [0.25, 0.3) is 0 Å². The third-order valence-corrected chi connectivity index (χ3v) is 6.62. The van der Waals surface area contributed by atoms with E-state index in [4.69, 9.17) is 4.74 Å². The van der Waals surface area contributed by atoms with E-state index in [1.807, 2.05) is 79.7 Å². The number of hydrogen-bond donors (Lipinski definition) is 2. The number of nitrogens with one attached hydrogen (secondary N) is 2. The molecule has 1 aliphatic rings. The molecule has 0 unspecified atom stereocenters. The molecule has 2 heterocycles. The predicted molar refractivity (Wildman–Crippen MR) is 153 cm³/mol. The number of tetrazole rings is 1. The summed E-state index contributed by atoms with van der Waals surface area (Å²) < 4.78 is 6.96. The van der Waals surface area contributed by atoms with E-state index < -0.39 is 6.04 Å². The van der Waals surface area contributed by atoms with Crippen LogP contribution in [0.15, 0.2) is 85.2 Å². The fourth-order valence-corrected chi connectivity index (χ4v) is 4.54. The van der Waals surface area contributed by atoms with E-state index in [1.165, 1.54) is 17.1 Å². The first kappa shape index (κ1) is 26.8. The molecule has 0 radical (unpaired) electrons. The van der Waals surface area contributed by atoms with Crippen molar-refractivity contribution < 1.29 is 14.3 Å². The monoisotopic (exact) mass is 537 g/mol. The molecule has 0 aliphatic carbocycles. The number of aryl methyl sites for hydroxylation is 1. The Bertz CT molecular complexity index is 1450. The number of ether oxygens (including phenoxy) is 1. The smallest absolute Gasteiger partial charge is 0.247 e. The molecule has 1 atom stereocenters. The zero-order chi connectivity index (χ0) is 27.7. The number of morpholine rings is 1. The summed E-state index contributed by atoms with van der Waals surface area (Å²) in [6.07, 6.45) is 4.96. The fourth-order valence-electron chi connectivity index (χ4n) is 4.54. The van der Waals surface area contributed by atoms with Crippen LogP contribution < -0.4 is 15.5 Å². The van der Waals surface area contributed by atoms with Crippen molar-refractivity contribution in [3.63, 3.8) is 0 Å². The van der Waals surface area contributed by atoms with Gasteiger partial charge in [-0.2, -0.15) is 4.68 Å². The first-order valence-electron chi connectivity index (χ1n) is 13.2. The van der Waals surface area contributed by atoms with Crippen LogP contribution in [0.2, 0.25) is 0 Å². The molecule has 10 nitrogen and oxygen atoms in total. The minimum Gasteiger partial charge on any atom is -0.378 e. The topological polar surface area (TPSA) is 114 Å². The molecule has 204 valence electrons. The van der Waals surface area contributed by atoms with Crippen molar-refractivity contribution in [2.24, 2.45) is 0 Å². The Morgan fingerprint density at radius 2 is 1.80 bits per heavy atom. The number of carbonyl (C=O) groups is 2. The first-order chi connectivity index (χ1) is 19.5. The molecule has 3 aromatic carbocycles. The lowest BCUT2D eigenvalue weighted by Crippen LogP contribution is -2.44. The summed E-state index contributed by atoms with van der Waals surface area (Å²) in [6, 6.07) is 22.3. The van der Waals surface area contributed by atoms with E-state index in [2.05, 4.69) is 31.1 Å². The molecule has 2 amide bonds. The van der Waals surface area contributed by atoms with Gasteiger partial charge >= 0.3 is 0 Å². The lowest BCUT2D eigenvalue weighted by Gasteiger charge is -2.29. The second kappa shape index (κ2) is 12.8. The number of amides is 2. The SMILES string of the molecule is Cc1ccc(-n2cnnn2)c(/C=C/C(=O)N[C@@H](Cc2ccccc2)C(=O)Nc2ccc(N3CCOCC3)cc2)c1. The number of benzene rings is 3. The van der Waals surface area contributed by atoms with Crippen molar-refractivity contribution in [1.29, 1.82) is 0 Å². The summed E-state index contributed by atoms with van der Waals surface area (Å²) in [6.45, 7) is 5.05. The second-order valence-electron chi connectivity index (χ2n) is 9.54. The quantitative estimate of drug-likeness (QED) is 0.315. The number of nitrogens with zero attached hydrogens (tertiary/aromatic N) is 5. The molecule has 4 aromatic rings. The van der Waals surface area contributed by atoms with E-state index in [-0.39, 0.29) is 11.8 Å². The van der Waals surface area contributed by atoms with Gasteiger partial charge in [-0.05, 0) is 65.4 Å². The van der Waals surface area contributed by atoms with Gasteiger partial charge in [-0.3, -0.25) is 9.59 Å². The van der Waals surface area contributed by atoms with Crippen LogP contribution in [0.4, 0.5) is 11.4 Å². The molecule has 1 aromatic heterocycles. The third kappa shape index (κ3) is 6.97. The summed E-state index contributed by atoms with van der Waals surface area (Å²) in [5.74, 6) is -0.683. The normalized spacial score (nSPS) is 14.2. The standard InChI is InChI=1S/C30H31N7O3/c1-22-7-13-28(37-21-31-34-35-37)24(19-22)8-14-29(38)33-27(20-23-5-3-2-4-6-23)30(39)32-25-9-11-26(12-10-25)36-15-17-40-18-16-36/h2-14,19,21,27H,15-18,20H2,1H3,(H,32,39)(H,33,38)/b14-8+/t27-/m0/s1. The van der Waals surface area contributed by atoms with Crippen LogP contribution in [0, 0.1) is 6.92 Å². The van der Waals surface area contributed by atoms with Gasteiger partial charge in [0.15, 0.2) is 0 Å². The van der Waals surface area contributed by atoms with E-state index in [0.717, 1.165) is 41.2 Å². The van der Waals surface area contributed by atoms with Gasteiger partial charge in [0.2, 0.25) is 11.8 Å². The molecule has 5 rings (SSSR count). The summed E-state index contributed by atoms with van der Waals surface area (Å²) >= 11 is 0. The third-order valence-electron chi connectivity index (χ3n) is 6.62. The Kier molecular flexibility index (Phi) is 8.57. The Morgan fingerprint density at radius 3 is 2.52 bits per heavy atom. The lowest BCUT2D eigenvalue weighted by molar-refractivity contribution is -0.123. The van der Waals surface area contributed by atoms with Crippen LogP contribution in [0.5, 0.6) is 0 Å². The van der Waals surface area contributed by atoms with Crippen LogP contribution in [0.25, 0.3) is 11.8 Å². The zero-order valence-electron chi connectivity index (χ0n) is 22.2. The maximum atomic E-state index is 13.4. The van der Waals surface area contributed by atoms with Crippen molar-refractivity contribution >= 4 is 29.3 Å². The molecule has 0 spiro atoms. The molecule has 0 bridgehead atoms. The highest BCUT2D eigenvalue weighted by atomic mass is 16.5. The Balaban J connectivity index is 1.29. The molecule has 2 N–H and O–H groups in total. The highest BCUT2D eigenvalue weighted by Gasteiger charge is 2.21. The van der Waals surface area contributed by atoms with Crippen molar-refractivity contribution in [3.8, 4) is 5.69 Å². The average Bonchev–Trinajstić information content (AvgIpc) is 3.52. The maximum Gasteiger partial charge on any atom is 0.247 e. The highest BCUT2D eigenvalue weighted by Crippen LogP contribution is 2.20. The number of rotatable bonds is 9. The highest BCUT2D eigenvalue weighted by molar-refractivity contribution is 6.00. The minimum atomic E-state index is -0.782. The fraction of sp³-hybridized carbons (Fsp3) is 0.233. The van der Waals surface area contributed by atoms with Gasteiger partial charge < -0.3 is 20.3 Å².